The van der Waals surface area contributed by atoms with Crippen LogP contribution in [0, 0.1) is 0 Å². The molecule has 0 saturated heterocycles. The van der Waals surface area contributed by atoms with Crippen LogP contribution in [0.15, 0.2) is 170 Å². The Bertz CT molecular complexity index is 3480. The number of hydrogen-bond donors (Lipinski definition) is 4. The lowest BCUT2D eigenvalue weighted by molar-refractivity contribution is 1.12. The zero-order valence-corrected chi connectivity index (χ0v) is 31.0. The maximum absolute atomic E-state index is 5.65. The average molecular weight is 745 g/mol. The van der Waals surface area contributed by atoms with Crippen LogP contribution in [0.4, 0.5) is 0 Å². The third kappa shape index (κ3) is 4.95. The van der Waals surface area contributed by atoms with E-state index in [1.54, 1.807) is 0 Å². The molecule has 12 aromatic rings. The summed E-state index contributed by atoms with van der Waals surface area (Å²) in [6.07, 6.45) is 5.90. The van der Waals surface area contributed by atoms with Gasteiger partial charge in [-0.25, -0.2) is 9.97 Å². The highest BCUT2D eigenvalue weighted by atomic mass is 15.1. The predicted molar refractivity (Wildman–Crippen MR) is 235 cm³/mol. The summed E-state index contributed by atoms with van der Waals surface area (Å²) in [6.45, 7) is 0. The van der Waals surface area contributed by atoms with Crippen molar-refractivity contribution in [3.05, 3.63) is 170 Å². The largest absolute Gasteiger partial charge is 0.361 e. The Balaban J connectivity index is 1.37. The molecular formula is C50H32N8. The number of fused-ring (bicyclic) bond motifs is 5. The maximum Gasteiger partial charge on any atom is 0.103 e. The zero-order valence-electron chi connectivity index (χ0n) is 31.0. The summed E-state index contributed by atoms with van der Waals surface area (Å²) in [7, 11) is 0. The second-order valence-electron chi connectivity index (χ2n) is 14.6. The molecular weight excluding hydrogens is 713 g/mol. The van der Waals surface area contributed by atoms with Crippen molar-refractivity contribution >= 4 is 54.3 Å². The first-order valence-corrected chi connectivity index (χ1v) is 19.3. The van der Waals surface area contributed by atoms with Crippen molar-refractivity contribution in [1.29, 1.82) is 0 Å². The molecule has 0 saturated carbocycles. The normalized spacial score (nSPS) is 11.8. The quantitative estimate of drug-likeness (QED) is 0.136. The van der Waals surface area contributed by atoms with E-state index in [9.17, 15) is 0 Å². The van der Waals surface area contributed by atoms with Gasteiger partial charge in [-0.05, 0) is 66.0 Å². The van der Waals surface area contributed by atoms with Crippen molar-refractivity contribution in [3.8, 4) is 67.8 Å². The molecule has 0 atom stereocenters. The fourth-order valence-electron chi connectivity index (χ4n) is 8.67. The highest BCUT2D eigenvalue weighted by Gasteiger charge is 2.30. The smallest absolute Gasteiger partial charge is 0.103 e. The molecule has 0 spiro atoms. The highest BCUT2D eigenvalue weighted by molar-refractivity contribution is 6.23. The van der Waals surface area contributed by atoms with Crippen molar-refractivity contribution in [2.75, 3.05) is 0 Å². The van der Waals surface area contributed by atoms with Gasteiger partial charge in [0.05, 0.1) is 39.5 Å². The van der Waals surface area contributed by atoms with Gasteiger partial charge in [0.25, 0.3) is 0 Å². The van der Waals surface area contributed by atoms with E-state index in [2.05, 4.69) is 135 Å². The summed E-state index contributed by atoms with van der Waals surface area (Å²) in [5.74, 6) is 0. The fraction of sp³-hybridized carbons (Fsp3) is 0. The minimum Gasteiger partial charge on any atom is -0.361 e. The van der Waals surface area contributed by atoms with Crippen molar-refractivity contribution in [3.63, 3.8) is 0 Å². The molecule has 0 fully saturated rings. The summed E-state index contributed by atoms with van der Waals surface area (Å²) < 4.78 is 0. The second-order valence-corrected chi connectivity index (χ2v) is 14.6. The first-order valence-electron chi connectivity index (χ1n) is 19.3. The van der Waals surface area contributed by atoms with Crippen LogP contribution in [-0.4, -0.2) is 40.1 Å². The molecule has 272 valence electrons. The van der Waals surface area contributed by atoms with Crippen LogP contribution in [0.25, 0.3) is 122 Å². The van der Waals surface area contributed by atoms with Gasteiger partial charge >= 0.3 is 0 Å². The summed E-state index contributed by atoms with van der Waals surface area (Å²) in [5, 5.41) is 15.8. The third-order valence-electron chi connectivity index (χ3n) is 11.3. The van der Waals surface area contributed by atoms with E-state index >= 15 is 0 Å². The van der Waals surface area contributed by atoms with Crippen LogP contribution in [0.2, 0.25) is 0 Å². The summed E-state index contributed by atoms with van der Waals surface area (Å²) in [5.41, 5.74) is 13.5. The Labute approximate surface area is 331 Å². The monoisotopic (exact) mass is 744 g/mol. The number of benzene rings is 5. The number of H-pyrrole nitrogens is 4. The molecule has 0 unspecified atom stereocenters. The number of rotatable bonds is 6. The van der Waals surface area contributed by atoms with Crippen LogP contribution in [-0.2, 0) is 0 Å². The number of hydrogen-bond acceptors (Lipinski definition) is 4. The molecule has 0 amide bonds. The minimum absolute atomic E-state index is 0.711. The van der Waals surface area contributed by atoms with Crippen molar-refractivity contribution < 1.29 is 0 Å². The van der Waals surface area contributed by atoms with Gasteiger partial charge < -0.3 is 15.0 Å². The first-order chi connectivity index (χ1) is 28.8. The lowest BCUT2D eigenvalue weighted by atomic mass is 9.83. The summed E-state index contributed by atoms with van der Waals surface area (Å²) in [6, 6.07) is 52.4. The number of para-hydroxylation sites is 3. The molecule has 12 rings (SSSR count). The Hall–Kier alpha value is -8.10. The SMILES string of the molecule is c1ccc(-c2nc(-c3ccc4ccccc4n3)c3cc(-c4ccc[nH]4)c(-c4cc5ccccc5[nH]4)c(-c4[nH]cc5ccccc45)c3c2-c2n[nH]c3ccccc23)nc1. The van der Waals surface area contributed by atoms with E-state index in [1.807, 2.05) is 54.9 Å². The molecule has 0 aliphatic heterocycles. The molecule has 0 aliphatic carbocycles. The highest BCUT2D eigenvalue weighted by Crippen LogP contribution is 2.52. The standard InChI is InChI=1S/C50H32N8/c1-4-15-32-31(14-1)28-53-48(32)45-43(42-26-30-13-3-7-18-37(30)55-42)34(38-21-11-25-51-38)27-35-44(45)46(49-33-16-5-8-19-39(33)57-58-49)50(40-20-9-10-24-52-40)56-47(35)41-23-22-29-12-2-6-17-36(29)54-41/h1-28,51,53,55H,(H,57,58). The lowest BCUT2D eigenvalue weighted by Gasteiger charge is -2.22. The molecule has 7 aromatic heterocycles. The van der Waals surface area contributed by atoms with E-state index in [0.717, 1.165) is 116 Å². The molecule has 58 heavy (non-hydrogen) atoms. The molecule has 5 aromatic carbocycles. The number of nitrogens with zero attached hydrogens (tertiary/aromatic N) is 4. The average Bonchev–Trinajstić information content (AvgIpc) is 4.12. The van der Waals surface area contributed by atoms with Gasteiger partial charge in [-0.15, -0.1) is 0 Å². The molecule has 7 heterocycles. The Morgan fingerprint density at radius 1 is 0.466 bits per heavy atom. The maximum atomic E-state index is 5.65. The van der Waals surface area contributed by atoms with Gasteiger partial charge in [-0.1, -0.05) is 91.0 Å². The third-order valence-corrected chi connectivity index (χ3v) is 11.3. The van der Waals surface area contributed by atoms with E-state index in [0.29, 0.717) is 5.69 Å². The van der Waals surface area contributed by atoms with Gasteiger partial charge in [0.1, 0.15) is 5.69 Å². The predicted octanol–water partition coefficient (Wildman–Crippen LogP) is 12.3. The Morgan fingerprint density at radius 3 is 2.10 bits per heavy atom. The van der Waals surface area contributed by atoms with Crippen molar-refractivity contribution in [1.82, 2.24) is 40.1 Å². The summed E-state index contributed by atoms with van der Waals surface area (Å²) >= 11 is 0. The van der Waals surface area contributed by atoms with Gasteiger partial charge in [-0.3, -0.25) is 10.1 Å². The second kappa shape index (κ2) is 12.7. The van der Waals surface area contributed by atoms with Crippen LogP contribution in [0.1, 0.15) is 0 Å². The molecule has 0 bridgehead atoms. The van der Waals surface area contributed by atoms with Gasteiger partial charge in [0.15, 0.2) is 0 Å². The van der Waals surface area contributed by atoms with Crippen LogP contribution < -0.4 is 0 Å². The Morgan fingerprint density at radius 2 is 1.26 bits per heavy atom. The minimum atomic E-state index is 0.711. The number of pyridine rings is 3. The van der Waals surface area contributed by atoms with E-state index in [4.69, 9.17) is 20.1 Å². The first kappa shape index (κ1) is 32.2. The number of nitrogens with one attached hydrogen (secondary N) is 4. The van der Waals surface area contributed by atoms with E-state index < -0.39 is 0 Å². The number of aromatic nitrogens is 8. The van der Waals surface area contributed by atoms with Crippen molar-refractivity contribution in [2.45, 2.75) is 0 Å². The van der Waals surface area contributed by atoms with Gasteiger partial charge in [-0.2, -0.15) is 5.10 Å². The molecule has 8 heteroatoms. The van der Waals surface area contributed by atoms with Crippen molar-refractivity contribution in [2.24, 2.45) is 0 Å². The topological polar surface area (TPSA) is 115 Å². The summed E-state index contributed by atoms with van der Waals surface area (Å²) in [4.78, 5) is 27.1. The van der Waals surface area contributed by atoms with Gasteiger partial charge in [0, 0.05) is 90.1 Å². The van der Waals surface area contributed by atoms with Crippen LogP contribution in [0.5, 0.6) is 0 Å². The molecule has 0 radical (unpaired) electrons. The molecule has 4 N–H and O–H groups in total. The van der Waals surface area contributed by atoms with Gasteiger partial charge in [0.2, 0.25) is 0 Å². The molecule has 0 aliphatic rings. The van der Waals surface area contributed by atoms with Crippen LogP contribution in [0.3, 0.4) is 0 Å². The van der Waals surface area contributed by atoms with E-state index in [-0.39, 0.29) is 0 Å². The van der Waals surface area contributed by atoms with Crippen LogP contribution >= 0.6 is 0 Å². The molecule has 8 nitrogen and oxygen atoms in total. The zero-order chi connectivity index (χ0) is 38.2. The fourth-order valence-corrected chi connectivity index (χ4v) is 8.67. The lowest BCUT2D eigenvalue weighted by Crippen LogP contribution is -2.03. The number of aromatic amines is 4. The van der Waals surface area contributed by atoms with E-state index in [1.165, 1.54) is 0 Å². The Kier molecular flexibility index (Phi) is 7.06.